The molecule has 0 radical (unpaired) electrons. The first kappa shape index (κ1) is 16.2. The van der Waals surface area contributed by atoms with Gasteiger partial charge in [0.05, 0.1) is 25.1 Å². The molecule has 1 fully saturated rings. The van der Waals surface area contributed by atoms with Gasteiger partial charge in [-0.1, -0.05) is 18.2 Å². The number of amides is 1. The number of aryl methyl sites for hydroxylation is 1. The van der Waals surface area contributed by atoms with Crippen molar-refractivity contribution in [3.8, 4) is 0 Å². The third-order valence-corrected chi connectivity index (χ3v) is 3.93. The Hall–Kier alpha value is -2.67. The molecule has 0 bridgehead atoms. The van der Waals surface area contributed by atoms with E-state index in [2.05, 4.69) is 10.4 Å². The van der Waals surface area contributed by atoms with Gasteiger partial charge in [0.25, 0.3) is 11.5 Å². The second kappa shape index (κ2) is 7.27. The minimum Gasteiger partial charge on any atom is -0.378 e. The van der Waals surface area contributed by atoms with Crippen LogP contribution in [0, 0.1) is 0 Å². The van der Waals surface area contributed by atoms with Gasteiger partial charge in [-0.3, -0.25) is 9.59 Å². The van der Waals surface area contributed by atoms with E-state index in [0.717, 1.165) is 0 Å². The van der Waals surface area contributed by atoms with Crippen molar-refractivity contribution in [3.05, 3.63) is 52.4 Å². The minimum atomic E-state index is -0.263. The molecule has 1 saturated heterocycles. The number of hydrogen-bond acceptors (Lipinski definition) is 5. The topological polar surface area (TPSA) is 76.5 Å². The third-order valence-electron chi connectivity index (χ3n) is 3.93. The molecule has 0 atom stereocenters. The van der Waals surface area contributed by atoms with Crippen molar-refractivity contribution in [1.82, 2.24) is 9.78 Å². The van der Waals surface area contributed by atoms with Gasteiger partial charge in [-0.15, -0.1) is 0 Å². The summed E-state index contributed by atoms with van der Waals surface area (Å²) in [5, 5.41) is 6.95. The average Bonchev–Trinajstić information content (AvgIpc) is 2.63. The lowest BCUT2D eigenvalue weighted by molar-refractivity contribution is 0.102. The molecule has 3 rings (SSSR count). The number of carbonyl (C=O) groups is 1. The molecular weight excluding hydrogens is 308 g/mol. The molecule has 24 heavy (non-hydrogen) atoms. The summed E-state index contributed by atoms with van der Waals surface area (Å²) >= 11 is 0. The van der Waals surface area contributed by atoms with E-state index in [-0.39, 0.29) is 11.5 Å². The molecule has 126 valence electrons. The fourth-order valence-corrected chi connectivity index (χ4v) is 2.67. The number of nitrogens with zero attached hydrogens (tertiary/aromatic N) is 3. The highest BCUT2D eigenvalue weighted by molar-refractivity contribution is 6.05. The predicted octanol–water partition coefficient (Wildman–Crippen LogP) is 1.35. The van der Waals surface area contributed by atoms with Crippen LogP contribution >= 0.6 is 0 Å². The first-order valence-corrected chi connectivity index (χ1v) is 8.00. The van der Waals surface area contributed by atoms with E-state index in [1.807, 2.05) is 17.9 Å². The van der Waals surface area contributed by atoms with Crippen molar-refractivity contribution < 1.29 is 9.53 Å². The highest BCUT2D eigenvalue weighted by Crippen LogP contribution is 2.22. The van der Waals surface area contributed by atoms with E-state index in [1.54, 1.807) is 24.3 Å². The maximum absolute atomic E-state index is 12.7. The summed E-state index contributed by atoms with van der Waals surface area (Å²) in [6.45, 7) is 4.66. The summed E-state index contributed by atoms with van der Waals surface area (Å²) in [5.41, 5.74) is 1.23. The normalized spacial score (nSPS) is 14.5. The number of aromatic nitrogens is 2. The fraction of sp³-hybridized carbons (Fsp3) is 0.353. The highest BCUT2D eigenvalue weighted by Gasteiger charge is 2.21. The molecular formula is C17H20N4O3. The maximum atomic E-state index is 12.7. The Labute approximate surface area is 139 Å². The molecule has 1 aliphatic heterocycles. The zero-order chi connectivity index (χ0) is 16.9. The highest BCUT2D eigenvalue weighted by atomic mass is 16.5. The lowest BCUT2D eigenvalue weighted by Gasteiger charge is -2.29. The molecule has 2 aromatic rings. The Morgan fingerprint density at radius 1 is 1.25 bits per heavy atom. The second-order valence-corrected chi connectivity index (χ2v) is 5.45. The number of morpholine rings is 1. The number of rotatable bonds is 4. The van der Waals surface area contributed by atoms with E-state index in [9.17, 15) is 9.59 Å². The lowest BCUT2D eigenvalue weighted by Crippen LogP contribution is -2.41. The fourth-order valence-electron chi connectivity index (χ4n) is 2.67. The van der Waals surface area contributed by atoms with Gasteiger partial charge in [0, 0.05) is 25.2 Å². The maximum Gasteiger partial charge on any atom is 0.292 e. The standard InChI is InChI=1S/C17H20N4O3/c1-2-21-17(23)15(20-8-10-24-11-9-20)14(12-18-21)19-16(22)13-6-4-3-5-7-13/h3-7,12H,2,8-11H2,1H3,(H,19,22). The van der Waals surface area contributed by atoms with Crippen molar-refractivity contribution >= 4 is 17.3 Å². The predicted molar refractivity (Wildman–Crippen MR) is 91.6 cm³/mol. The molecule has 1 aromatic heterocycles. The molecule has 1 aliphatic rings. The summed E-state index contributed by atoms with van der Waals surface area (Å²) in [6, 6.07) is 8.89. The Morgan fingerprint density at radius 3 is 2.62 bits per heavy atom. The van der Waals surface area contributed by atoms with Crippen LogP contribution in [0.25, 0.3) is 0 Å². The van der Waals surface area contributed by atoms with Crippen LogP contribution in [-0.2, 0) is 11.3 Å². The van der Waals surface area contributed by atoms with Gasteiger partial charge in [-0.05, 0) is 19.1 Å². The summed E-state index contributed by atoms with van der Waals surface area (Å²) in [7, 11) is 0. The van der Waals surface area contributed by atoms with Gasteiger partial charge < -0.3 is 15.0 Å². The molecule has 1 N–H and O–H groups in total. The van der Waals surface area contributed by atoms with Crippen LogP contribution in [0.1, 0.15) is 17.3 Å². The zero-order valence-electron chi connectivity index (χ0n) is 13.6. The van der Waals surface area contributed by atoms with Crippen molar-refractivity contribution in [2.45, 2.75) is 13.5 Å². The summed E-state index contributed by atoms with van der Waals surface area (Å²) in [4.78, 5) is 27.1. The van der Waals surface area contributed by atoms with E-state index < -0.39 is 0 Å². The molecule has 0 aliphatic carbocycles. The summed E-state index contributed by atoms with van der Waals surface area (Å²) in [6.07, 6.45) is 1.54. The van der Waals surface area contributed by atoms with Crippen LogP contribution in [0.3, 0.4) is 0 Å². The number of anilines is 2. The summed E-state index contributed by atoms with van der Waals surface area (Å²) in [5.74, 6) is -0.263. The van der Waals surface area contributed by atoms with Crippen LogP contribution in [0.2, 0.25) is 0 Å². The summed E-state index contributed by atoms with van der Waals surface area (Å²) < 4.78 is 6.75. The molecule has 7 nitrogen and oxygen atoms in total. The molecule has 2 heterocycles. The monoisotopic (exact) mass is 328 g/mol. The van der Waals surface area contributed by atoms with Gasteiger partial charge in [0.15, 0.2) is 0 Å². The first-order valence-electron chi connectivity index (χ1n) is 8.00. The number of hydrogen-bond donors (Lipinski definition) is 1. The quantitative estimate of drug-likeness (QED) is 0.917. The van der Waals surface area contributed by atoms with Crippen LogP contribution in [0.4, 0.5) is 11.4 Å². The molecule has 1 aromatic carbocycles. The molecule has 0 unspecified atom stereocenters. The number of nitrogens with one attached hydrogen (secondary N) is 1. The van der Waals surface area contributed by atoms with E-state index in [1.165, 1.54) is 10.9 Å². The van der Waals surface area contributed by atoms with Gasteiger partial charge in [-0.25, -0.2) is 4.68 Å². The second-order valence-electron chi connectivity index (χ2n) is 5.45. The Balaban J connectivity index is 1.96. The van der Waals surface area contributed by atoms with Crippen molar-refractivity contribution in [2.75, 3.05) is 36.5 Å². The van der Waals surface area contributed by atoms with E-state index in [4.69, 9.17) is 4.74 Å². The van der Waals surface area contributed by atoms with Crippen LogP contribution in [-0.4, -0.2) is 42.0 Å². The van der Waals surface area contributed by atoms with Crippen molar-refractivity contribution in [3.63, 3.8) is 0 Å². The number of ether oxygens (including phenoxy) is 1. The number of carbonyl (C=O) groups excluding carboxylic acids is 1. The SMILES string of the molecule is CCn1ncc(NC(=O)c2ccccc2)c(N2CCOCC2)c1=O. The average molecular weight is 328 g/mol. The van der Waals surface area contributed by atoms with Crippen LogP contribution in [0.15, 0.2) is 41.3 Å². The Morgan fingerprint density at radius 2 is 1.96 bits per heavy atom. The third kappa shape index (κ3) is 3.30. The largest absolute Gasteiger partial charge is 0.378 e. The smallest absolute Gasteiger partial charge is 0.292 e. The van der Waals surface area contributed by atoms with Crippen LogP contribution < -0.4 is 15.8 Å². The molecule has 1 amide bonds. The van der Waals surface area contributed by atoms with E-state index in [0.29, 0.717) is 49.8 Å². The molecule has 0 spiro atoms. The zero-order valence-corrected chi connectivity index (χ0v) is 13.6. The first-order chi connectivity index (χ1) is 11.7. The Kier molecular flexibility index (Phi) is 4.90. The van der Waals surface area contributed by atoms with Crippen LogP contribution in [0.5, 0.6) is 0 Å². The Bertz CT molecular complexity index is 767. The molecule has 0 saturated carbocycles. The van der Waals surface area contributed by atoms with Gasteiger partial charge in [0.2, 0.25) is 0 Å². The minimum absolute atomic E-state index is 0.203. The van der Waals surface area contributed by atoms with Gasteiger partial charge in [0.1, 0.15) is 5.69 Å². The number of benzene rings is 1. The van der Waals surface area contributed by atoms with Crippen molar-refractivity contribution in [2.24, 2.45) is 0 Å². The van der Waals surface area contributed by atoms with Crippen molar-refractivity contribution in [1.29, 1.82) is 0 Å². The van der Waals surface area contributed by atoms with Gasteiger partial charge >= 0.3 is 0 Å². The lowest BCUT2D eigenvalue weighted by atomic mass is 10.2. The van der Waals surface area contributed by atoms with E-state index >= 15 is 0 Å². The molecule has 7 heteroatoms. The van der Waals surface area contributed by atoms with Gasteiger partial charge in [-0.2, -0.15) is 5.10 Å².